The van der Waals surface area contributed by atoms with Gasteiger partial charge in [-0.3, -0.25) is 32.5 Å². The SMILES string of the molecule is CC/C=C\C/C=C\C/C=C\C/C=C\C/C=C\C/C=C\CCCCCCCCCCCCCCCCCCC(=O)OCC(O)COP(=O)(O)OCC(O)COP(=O)(O)OCC(COC(=O)CCCCCCCCCCCCCCC/C=C\C/C=C\C/C=C\C/C=C\C/C=C\CC)OC(=O)CCCC/C=C\C/C=C\C/C=C\C/C=C\C/C=C\C/C=C\CC. The predicted octanol–water partition coefficient (Wildman–Crippen LogP) is 29.6. The molecule has 0 radical (unpaired) electrons. The summed E-state index contributed by atoms with van der Waals surface area (Å²) in [5.74, 6) is -1.63. The van der Waals surface area contributed by atoms with E-state index >= 15 is 0 Å². The fraction of sp³-hybridized carbons (Fsp3) is 0.641. The number of allylic oxidation sites excluding steroid dienone is 34. The van der Waals surface area contributed by atoms with Gasteiger partial charge in [0.15, 0.2) is 6.10 Å². The van der Waals surface area contributed by atoms with Crippen LogP contribution in [0.1, 0.15) is 367 Å². The molecule has 0 heterocycles. The number of aliphatic hydroxyl groups is 2. The first-order chi connectivity index (χ1) is 59.2. The molecule has 18 heteroatoms. The number of phosphoric acid groups is 2. The molecule has 0 aromatic rings. The lowest BCUT2D eigenvalue weighted by Crippen LogP contribution is -2.30. The van der Waals surface area contributed by atoms with Crippen LogP contribution in [0.15, 0.2) is 207 Å². The molecule has 0 amide bonds. The monoisotopic (exact) mass is 1730 g/mol. The van der Waals surface area contributed by atoms with Crippen LogP contribution in [0.3, 0.4) is 0 Å². The minimum absolute atomic E-state index is 0.0434. The Hall–Kier alpha value is -5.87. The quantitative estimate of drug-likeness (QED) is 0.0146. The number of phosphoric ester groups is 2. The summed E-state index contributed by atoms with van der Waals surface area (Å²) in [6, 6.07) is 0. The van der Waals surface area contributed by atoms with Crippen molar-refractivity contribution in [2.75, 3.05) is 39.6 Å². The van der Waals surface area contributed by atoms with Gasteiger partial charge in [0.05, 0.1) is 26.4 Å². The molecule has 0 spiro atoms. The Morgan fingerprint density at radius 1 is 0.231 bits per heavy atom. The lowest BCUT2D eigenvalue weighted by molar-refractivity contribution is -0.161. The molecular weight excluding hydrogens is 1560 g/mol. The number of hydrogen-bond acceptors (Lipinski definition) is 14. The van der Waals surface area contributed by atoms with Crippen molar-refractivity contribution in [2.24, 2.45) is 0 Å². The summed E-state index contributed by atoms with van der Waals surface area (Å²) in [6.07, 6.45) is 126. The number of rotatable bonds is 88. The second-order valence-corrected chi connectivity index (χ2v) is 33.9. The van der Waals surface area contributed by atoms with Crippen molar-refractivity contribution in [3.63, 3.8) is 0 Å². The third-order valence-electron chi connectivity index (χ3n) is 19.5. The molecule has 5 atom stereocenters. The topological polar surface area (TPSA) is 231 Å². The van der Waals surface area contributed by atoms with Crippen LogP contribution in [0, 0.1) is 0 Å². The third kappa shape index (κ3) is 94.6. The van der Waals surface area contributed by atoms with Crippen LogP contribution in [0.25, 0.3) is 0 Å². The zero-order valence-electron chi connectivity index (χ0n) is 75.9. The van der Waals surface area contributed by atoms with Crippen LogP contribution in [-0.2, 0) is 55.8 Å². The maximum atomic E-state index is 13.1. The van der Waals surface area contributed by atoms with Gasteiger partial charge in [-0.25, -0.2) is 9.13 Å². The van der Waals surface area contributed by atoms with E-state index in [0.717, 1.165) is 167 Å². The van der Waals surface area contributed by atoms with Crippen molar-refractivity contribution in [2.45, 2.75) is 386 Å². The number of carbonyl (C=O) groups is 3. The van der Waals surface area contributed by atoms with Crippen LogP contribution in [0.5, 0.6) is 0 Å². The van der Waals surface area contributed by atoms with Gasteiger partial charge in [-0.1, -0.05) is 388 Å². The molecule has 0 rings (SSSR count). The molecule has 0 aromatic heterocycles. The molecule has 0 saturated carbocycles. The van der Waals surface area contributed by atoms with Gasteiger partial charge in [0.25, 0.3) is 0 Å². The summed E-state index contributed by atoms with van der Waals surface area (Å²) >= 11 is 0. The van der Waals surface area contributed by atoms with Crippen molar-refractivity contribution >= 4 is 33.6 Å². The Balaban J connectivity index is 4.58. The standard InChI is InChI=1S/C103H170O16P2/c1-4-7-10-13-16-19-22-25-28-31-34-37-39-41-43-45-46-47-48-49-50-52-54-55-57-60-62-65-68-71-74-77-80-83-86-89-101(106)113-92-98(104)93-115-120(109,110)116-94-99(105)95-117-121(111,112)118-97-100(119-103(108)91-88-85-82-79-76-73-70-67-64-59-36-33-30-27-24-21-18-15-12-9-6-3)96-114-102(107)90-87-84-81-78-75-72-69-66-63-61-58-56-53-51-44-42-40-38-35-32-29-26-23-20-17-14-11-8-5-2/h7-12,16-21,25-30,34-38,41-44,46-47,59,67,70,76,79,98-100,104-105H,4-6,13-15,22-24,31-33,39-40,45,48-58,60-66,68-69,71-75,77-78,80-97H2,1-3H3,(H,109,110)(H,111,112)/b10-7-,11-8-,12-9-,19-16-,20-17-,21-18-,28-25-,29-26-,30-27-,37-34-,38-35-,43-41-,44-42-,47-46-,59-36-,70-67-,79-76-. The highest BCUT2D eigenvalue weighted by Crippen LogP contribution is 2.45. The summed E-state index contributed by atoms with van der Waals surface area (Å²) in [6.45, 7) is 2.31. The molecule has 0 aliphatic heterocycles. The predicted molar refractivity (Wildman–Crippen MR) is 509 cm³/mol. The zero-order valence-corrected chi connectivity index (χ0v) is 77.7. The Bertz CT molecular complexity index is 3030. The van der Waals surface area contributed by atoms with Crippen molar-refractivity contribution in [3.8, 4) is 0 Å². The van der Waals surface area contributed by atoms with E-state index in [9.17, 15) is 43.5 Å². The lowest BCUT2D eigenvalue weighted by Gasteiger charge is -2.21. The average molecular weight is 1730 g/mol. The average Bonchev–Trinajstić information content (AvgIpc) is 0.879. The smallest absolute Gasteiger partial charge is 0.463 e. The van der Waals surface area contributed by atoms with Gasteiger partial charge in [0.2, 0.25) is 0 Å². The first-order valence-electron chi connectivity index (χ1n) is 47.4. The van der Waals surface area contributed by atoms with E-state index in [1.165, 1.54) is 135 Å². The molecule has 0 aliphatic rings. The lowest BCUT2D eigenvalue weighted by atomic mass is 10.0. The third-order valence-corrected chi connectivity index (χ3v) is 21.4. The van der Waals surface area contributed by atoms with Crippen LogP contribution >= 0.6 is 15.6 Å². The Morgan fingerprint density at radius 3 is 0.669 bits per heavy atom. The molecular formula is C103H170O16P2. The highest BCUT2D eigenvalue weighted by Gasteiger charge is 2.29. The van der Waals surface area contributed by atoms with Gasteiger partial charge in [-0.15, -0.1) is 0 Å². The molecule has 688 valence electrons. The van der Waals surface area contributed by atoms with Crippen molar-refractivity contribution in [1.82, 2.24) is 0 Å². The summed E-state index contributed by atoms with van der Waals surface area (Å²) in [4.78, 5) is 59.0. The minimum atomic E-state index is -4.96. The number of aliphatic hydroxyl groups excluding tert-OH is 2. The molecule has 5 unspecified atom stereocenters. The fourth-order valence-corrected chi connectivity index (χ4v) is 14.0. The van der Waals surface area contributed by atoms with Crippen LogP contribution in [0.2, 0.25) is 0 Å². The molecule has 0 saturated heterocycles. The van der Waals surface area contributed by atoms with Gasteiger partial charge < -0.3 is 34.2 Å². The minimum Gasteiger partial charge on any atom is -0.463 e. The first kappa shape index (κ1) is 115. The van der Waals surface area contributed by atoms with E-state index in [2.05, 4.69) is 227 Å². The fourth-order valence-electron chi connectivity index (χ4n) is 12.4. The van der Waals surface area contributed by atoms with Gasteiger partial charge in [0.1, 0.15) is 25.4 Å². The van der Waals surface area contributed by atoms with Crippen molar-refractivity contribution < 1.29 is 75.8 Å². The maximum Gasteiger partial charge on any atom is 0.472 e. The molecule has 16 nitrogen and oxygen atoms in total. The van der Waals surface area contributed by atoms with Gasteiger partial charge >= 0.3 is 33.6 Å². The van der Waals surface area contributed by atoms with Crippen molar-refractivity contribution in [1.29, 1.82) is 0 Å². The number of unbranched alkanes of at least 4 members (excludes halogenated alkanes) is 31. The molecule has 0 aromatic carbocycles. The Kier molecular flexibility index (Phi) is 88.8. The van der Waals surface area contributed by atoms with E-state index in [1.54, 1.807) is 0 Å². The number of esters is 3. The van der Waals surface area contributed by atoms with Crippen LogP contribution < -0.4 is 0 Å². The summed E-state index contributed by atoms with van der Waals surface area (Å²) in [5.41, 5.74) is 0. The van der Waals surface area contributed by atoms with Crippen LogP contribution in [0.4, 0.5) is 0 Å². The molecule has 4 N–H and O–H groups in total. The van der Waals surface area contributed by atoms with E-state index < -0.39 is 91.5 Å². The molecule has 121 heavy (non-hydrogen) atoms. The van der Waals surface area contributed by atoms with Gasteiger partial charge in [0, 0.05) is 19.3 Å². The largest absolute Gasteiger partial charge is 0.472 e. The number of carbonyl (C=O) groups excluding carboxylic acids is 3. The van der Waals surface area contributed by atoms with E-state index in [4.69, 9.17) is 32.3 Å². The first-order valence-corrected chi connectivity index (χ1v) is 50.4. The Morgan fingerprint density at radius 2 is 0.413 bits per heavy atom. The zero-order chi connectivity index (χ0) is 87.9. The van der Waals surface area contributed by atoms with E-state index in [1.807, 2.05) is 0 Å². The second-order valence-electron chi connectivity index (χ2n) is 31.0. The second kappa shape index (κ2) is 93.3. The summed E-state index contributed by atoms with van der Waals surface area (Å²) < 4.78 is 61.5. The molecule has 0 bridgehead atoms. The van der Waals surface area contributed by atoms with E-state index in [0.29, 0.717) is 25.7 Å². The normalized spacial score (nSPS) is 14.7. The molecule has 0 fully saturated rings. The van der Waals surface area contributed by atoms with Gasteiger partial charge in [-0.2, -0.15) is 0 Å². The van der Waals surface area contributed by atoms with Gasteiger partial charge in [-0.05, 0) is 167 Å². The highest BCUT2D eigenvalue weighted by molar-refractivity contribution is 7.47. The van der Waals surface area contributed by atoms with Crippen molar-refractivity contribution in [3.05, 3.63) is 207 Å². The Labute approximate surface area is 737 Å². The number of ether oxygens (including phenoxy) is 3. The maximum absolute atomic E-state index is 13.1. The highest BCUT2D eigenvalue weighted by atomic mass is 31.2. The summed E-state index contributed by atoms with van der Waals surface area (Å²) in [5, 5.41) is 20.8. The molecule has 0 aliphatic carbocycles. The van der Waals surface area contributed by atoms with E-state index in [-0.39, 0.29) is 19.3 Å². The number of hydrogen-bond donors (Lipinski definition) is 4. The summed E-state index contributed by atoms with van der Waals surface area (Å²) in [7, 11) is -9.83. The van der Waals surface area contributed by atoms with Crippen LogP contribution in [-0.4, -0.2) is 95.9 Å².